The van der Waals surface area contributed by atoms with Gasteiger partial charge in [-0.15, -0.1) is 0 Å². The number of nitrogens with two attached hydrogens (primary N) is 1. The van der Waals surface area contributed by atoms with Crippen LogP contribution in [0.3, 0.4) is 0 Å². The fraction of sp³-hybridized carbons (Fsp3) is 0.800. The molecule has 1 saturated heterocycles. The maximum absolute atomic E-state index is 11.4. The number of amides is 3. The molecule has 17 heavy (non-hydrogen) atoms. The number of morpholine rings is 1. The highest BCUT2D eigenvalue weighted by Gasteiger charge is 2.33. The Labute approximate surface area is 99.9 Å². The van der Waals surface area contributed by atoms with Gasteiger partial charge < -0.3 is 15.6 Å². The molecule has 0 aromatic carbocycles. The van der Waals surface area contributed by atoms with Gasteiger partial charge in [0.25, 0.3) is 0 Å². The summed E-state index contributed by atoms with van der Waals surface area (Å²) in [5, 5.41) is 11.1. The summed E-state index contributed by atoms with van der Waals surface area (Å²) in [5.74, 6) is -0.452. The van der Waals surface area contributed by atoms with Gasteiger partial charge in [-0.2, -0.15) is 0 Å². The molecule has 7 nitrogen and oxygen atoms in total. The minimum absolute atomic E-state index is 0.0617. The normalized spacial score (nSPS) is 24.3. The van der Waals surface area contributed by atoms with Crippen LogP contribution in [0.5, 0.6) is 0 Å². The van der Waals surface area contributed by atoms with E-state index >= 15 is 0 Å². The first-order valence-electron chi connectivity index (χ1n) is 5.43. The van der Waals surface area contributed by atoms with Gasteiger partial charge >= 0.3 is 6.03 Å². The van der Waals surface area contributed by atoms with E-state index in [1.807, 2.05) is 24.1 Å². The lowest BCUT2D eigenvalue weighted by molar-refractivity contribution is -0.152. The highest BCUT2D eigenvalue weighted by atomic mass is 16.5. The van der Waals surface area contributed by atoms with Crippen molar-refractivity contribution in [1.82, 2.24) is 10.2 Å². The van der Waals surface area contributed by atoms with Gasteiger partial charge in [0.2, 0.25) is 5.91 Å². The third-order valence-electron chi connectivity index (χ3n) is 2.39. The highest BCUT2D eigenvalue weighted by molar-refractivity contribution is 5.94. The second-order valence-corrected chi connectivity index (χ2v) is 4.76. The standard InChI is InChI=1S/C10H19N3O4/c1-10(2)6-13(3-7(5-14)17-10)4-8(15)12-9(11)16/h7,14H,3-6H2,1-2H3,(H3,11,12,15,16). The number of hydrogen-bond acceptors (Lipinski definition) is 5. The first-order chi connectivity index (χ1) is 7.82. The lowest BCUT2D eigenvalue weighted by Gasteiger charge is -2.41. The molecule has 0 aromatic heterocycles. The Morgan fingerprint density at radius 3 is 2.76 bits per heavy atom. The summed E-state index contributed by atoms with van der Waals surface area (Å²) >= 11 is 0. The predicted molar refractivity (Wildman–Crippen MR) is 60.2 cm³/mol. The number of aliphatic hydroxyl groups excluding tert-OH is 1. The Balaban J connectivity index is 2.52. The quantitative estimate of drug-likeness (QED) is 0.570. The fourth-order valence-corrected chi connectivity index (χ4v) is 2.01. The smallest absolute Gasteiger partial charge is 0.318 e. The number of primary amides is 1. The van der Waals surface area contributed by atoms with Crippen LogP contribution in [-0.4, -0.2) is 59.9 Å². The van der Waals surface area contributed by atoms with Gasteiger partial charge in [0.1, 0.15) is 0 Å². The van der Waals surface area contributed by atoms with E-state index in [0.29, 0.717) is 13.1 Å². The lowest BCUT2D eigenvalue weighted by Crippen LogP contribution is -2.56. The van der Waals surface area contributed by atoms with Crippen molar-refractivity contribution in [2.75, 3.05) is 26.2 Å². The van der Waals surface area contributed by atoms with E-state index in [2.05, 4.69) is 0 Å². The highest BCUT2D eigenvalue weighted by Crippen LogP contribution is 2.20. The van der Waals surface area contributed by atoms with Gasteiger partial charge in [-0.25, -0.2) is 4.79 Å². The molecule has 1 aliphatic rings. The monoisotopic (exact) mass is 245 g/mol. The van der Waals surface area contributed by atoms with E-state index in [-0.39, 0.29) is 19.3 Å². The maximum Gasteiger partial charge on any atom is 0.318 e. The number of aliphatic hydroxyl groups is 1. The molecule has 98 valence electrons. The van der Waals surface area contributed by atoms with Gasteiger partial charge in [0, 0.05) is 13.1 Å². The topological polar surface area (TPSA) is 105 Å². The Kier molecular flexibility index (Phi) is 4.44. The Morgan fingerprint density at radius 2 is 2.24 bits per heavy atom. The average molecular weight is 245 g/mol. The molecule has 1 heterocycles. The van der Waals surface area contributed by atoms with Crippen LogP contribution in [0.2, 0.25) is 0 Å². The van der Waals surface area contributed by atoms with Gasteiger partial charge in [-0.3, -0.25) is 15.0 Å². The number of urea groups is 1. The maximum atomic E-state index is 11.4. The third-order valence-corrected chi connectivity index (χ3v) is 2.39. The van der Waals surface area contributed by atoms with E-state index in [9.17, 15) is 9.59 Å². The molecule has 1 aliphatic heterocycles. The van der Waals surface area contributed by atoms with Crippen LogP contribution in [-0.2, 0) is 9.53 Å². The van der Waals surface area contributed by atoms with Crippen molar-refractivity contribution in [3.8, 4) is 0 Å². The number of carbonyl (C=O) groups excluding carboxylic acids is 2. The molecule has 0 bridgehead atoms. The zero-order valence-electron chi connectivity index (χ0n) is 10.1. The van der Waals surface area contributed by atoms with E-state index in [1.54, 1.807) is 0 Å². The minimum atomic E-state index is -0.860. The van der Waals surface area contributed by atoms with Crippen LogP contribution >= 0.6 is 0 Å². The molecule has 0 aliphatic carbocycles. The first kappa shape index (κ1) is 13.9. The zero-order valence-corrected chi connectivity index (χ0v) is 10.1. The molecule has 1 atom stereocenters. The molecule has 4 N–H and O–H groups in total. The van der Waals surface area contributed by atoms with Crippen LogP contribution in [0.1, 0.15) is 13.8 Å². The Hall–Kier alpha value is -1.18. The molecule has 1 rings (SSSR count). The first-order valence-corrected chi connectivity index (χ1v) is 5.43. The summed E-state index contributed by atoms with van der Waals surface area (Å²) in [6.07, 6.45) is -0.319. The van der Waals surface area contributed by atoms with Crippen LogP contribution in [0, 0.1) is 0 Å². The fourth-order valence-electron chi connectivity index (χ4n) is 2.01. The molecular weight excluding hydrogens is 226 g/mol. The van der Waals surface area contributed by atoms with Crippen molar-refractivity contribution in [3.63, 3.8) is 0 Å². The zero-order chi connectivity index (χ0) is 13.1. The van der Waals surface area contributed by atoms with Crippen LogP contribution in [0.25, 0.3) is 0 Å². The summed E-state index contributed by atoms with van der Waals surface area (Å²) in [4.78, 5) is 23.7. The van der Waals surface area contributed by atoms with Crippen molar-refractivity contribution in [1.29, 1.82) is 0 Å². The predicted octanol–water partition coefficient (Wildman–Crippen LogP) is -1.35. The summed E-state index contributed by atoms with van der Waals surface area (Å²) in [6, 6.07) is -0.860. The van der Waals surface area contributed by atoms with E-state index < -0.39 is 17.5 Å². The molecule has 3 amide bonds. The number of hydrogen-bond donors (Lipinski definition) is 3. The van der Waals surface area contributed by atoms with E-state index in [0.717, 1.165) is 0 Å². The van der Waals surface area contributed by atoms with Crippen molar-refractivity contribution < 1.29 is 19.4 Å². The molecular formula is C10H19N3O4. The Morgan fingerprint density at radius 1 is 1.59 bits per heavy atom. The lowest BCUT2D eigenvalue weighted by atomic mass is 10.1. The summed E-state index contributed by atoms with van der Waals surface area (Å²) in [6.45, 7) is 4.73. The largest absolute Gasteiger partial charge is 0.394 e. The summed E-state index contributed by atoms with van der Waals surface area (Å²) in [7, 11) is 0. The van der Waals surface area contributed by atoms with E-state index in [4.69, 9.17) is 15.6 Å². The van der Waals surface area contributed by atoms with Crippen molar-refractivity contribution >= 4 is 11.9 Å². The van der Waals surface area contributed by atoms with Crippen LogP contribution in [0.4, 0.5) is 4.79 Å². The number of rotatable bonds is 3. The van der Waals surface area contributed by atoms with E-state index in [1.165, 1.54) is 0 Å². The second-order valence-electron chi connectivity index (χ2n) is 4.76. The average Bonchev–Trinajstić information content (AvgIpc) is 2.13. The van der Waals surface area contributed by atoms with Crippen LogP contribution in [0.15, 0.2) is 0 Å². The number of imide groups is 1. The van der Waals surface area contributed by atoms with Gasteiger partial charge in [-0.05, 0) is 13.8 Å². The van der Waals surface area contributed by atoms with Gasteiger partial charge in [-0.1, -0.05) is 0 Å². The second kappa shape index (κ2) is 5.44. The number of nitrogens with zero attached hydrogens (tertiary/aromatic N) is 1. The SMILES string of the molecule is CC1(C)CN(CC(=O)NC(N)=O)CC(CO)O1. The third kappa shape index (κ3) is 4.68. The van der Waals surface area contributed by atoms with Gasteiger partial charge in [0.15, 0.2) is 0 Å². The molecule has 1 unspecified atom stereocenters. The van der Waals surface area contributed by atoms with Crippen molar-refractivity contribution in [3.05, 3.63) is 0 Å². The number of carbonyl (C=O) groups is 2. The number of ether oxygens (including phenoxy) is 1. The molecule has 7 heteroatoms. The molecule has 1 fully saturated rings. The molecule has 0 radical (unpaired) electrons. The molecule has 0 spiro atoms. The summed E-state index contributed by atoms with van der Waals surface area (Å²) in [5.41, 5.74) is 4.42. The minimum Gasteiger partial charge on any atom is -0.394 e. The molecule has 0 aromatic rings. The van der Waals surface area contributed by atoms with Crippen LogP contribution < -0.4 is 11.1 Å². The van der Waals surface area contributed by atoms with Crippen molar-refractivity contribution in [2.45, 2.75) is 25.6 Å². The summed E-state index contributed by atoms with van der Waals surface area (Å²) < 4.78 is 5.60. The number of nitrogens with one attached hydrogen (secondary N) is 1. The van der Waals surface area contributed by atoms with Crippen molar-refractivity contribution in [2.24, 2.45) is 5.73 Å². The van der Waals surface area contributed by atoms with Gasteiger partial charge in [0.05, 0.1) is 24.9 Å². The Bertz CT molecular complexity index is 306. The molecule has 0 saturated carbocycles.